The zero-order chi connectivity index (χ0) is 13.2. The molecule has 1 aromatic rings. The summed E-state index contributed by atoms with van der Waals surface area (Å²) in [4.78, 5) is 12.8. The number of carbonyl (C=O) groups is 1. The van der Waals surface area contributed by atoms with Crippen molar-refractivity contribution in [1.82, 2.24) is 4.90 Å². The molecule has 0 aromatic heterocycles. The molecule has 0 aliphatic rings. The third kappa shape index (κ3) is 3.28. The number of likely N-dealkylation sites (N-methyl/N-ethyl adjacent to an activating group) is 1. The molecule has 1 atom stereocenters. The molecule has 1 unspecified atom stereocenters. The summed E-state index contributed by atoms with van der Waals surface area (Å²) in [6.07, 6.45) is 1.11. The smallest absolute Gasteiger partial charge is 0.325 e. The molecule has 0 saturated carbocycles. The van der Waals surface area contributed by atoms with Crippen LogP contribution < -0.4 is 0 Å². The zero-order valence-corrected chi connectivity index (χ0v) is 10.7. The average molecular weight is 257 g/mol. The average Bonchev–Trinajstić information content (AvgIpc) is 2.15. The van der Waals surface area contributed by atoms with Crippen molar-refractivity contribution < 1.29 is 18.3 Å². The first-order valence-corrected chi connectivity index (χ1v) is 6.82. The van der Waals surface area contributed by atoms with Crippen LogP contribution in [0.3, 0.4) is 0 Å². The highest BCUT2D eigenvalue weighted by molar-refractivity contribution is 7.90. The van der Waals surface area contributed by atoms with Crippen molar-refractivity contribution in [3.8, 4) is 0 Å². The summed E-state index contributed by atoms with van der Waals surface area (Å²) in [6.45, 7) is 0. The van der Waals surface area contributed by atoms with Crippen LogP contribution in [-0.4, -0.2) is 44.7 Å². The standard InChI is InChI=1S/C11H15NO4S/c1-12(2)10(11(13)14)8-4-6-9(7-5-8)17(3,15)16/h4-7,10H,1-3H3,(H,13,14). The Kier molecular flexibility index (Phi) is 3.90. The van der Waals surface area contributed by atoms with E-state index in [9.17, 15) is 13.2 Å². The third-order valence-electron chi connectivity index (χ3n) is 2.37. The van der Waals surface area contributed by atoms with E-state index in [1.54, 1.807) is 19.0 Å². The molecular weight excluding hydrogens is 242 g/mol. The number of carboxylic acid groups (broad SMARTS) is 1. The van der Waals surface area contributed by atoms with Crippen molar-refractivity contribution in [2.45, 2.75) is 10.9 Å². The second kappa shape index (κ2) is 4.85. The molecule has 0 spiro atoms. The van der Waals surface area contributed by atoms with E-state index in [1.165, 1.54) is 24.3 Å². The number of rotatable bonds is 4. The Balaban J connectivity index is 3.13. The third-order valence-corrected chi connectivity index (χ3v) is 3.50. The van der Waals surface area contributed by atoms with Crippen LogP contribution in [0.15, 0.2) is 29.2 Å². The molecule has 0 fully saturated rings. The minimum atomic E-state index is -3.25. The van der Waals surface area contributed by atoms with Crippen molar-refractivity contribution in [2.24, 2.45) is 0 Å². The second-order valence-electron chi connectivity index (χ2n) is 4.05. The van der Waals surface area contributed by atoms with Gasteiger partial charge in [0.25, 0.3) is 0 Å². The number of sulfone groups is 1. The van der Waals surface area contributed by atoms with E-state index in [2.05, 4.69) is 0 Å². The fourth-order valence-corrected chi connectivity index (χ4v) is 2.19. The normalized spacial score (nSPS) is 13.6. The lowest BCUT2D eigenvalue weighted by Crippen LogP contribution is -2.27. The van der Waals surface area contributed by atoms with Crippen LogP contribution in [0.1, 0.15) is 11.6 Å². The monoisotopic (exact) mass is 257 g/mol. The number of benzene rings is 1. The van der Waals surface area contributed by atoms with Gasteiger partial charge in [0.2, 0.25) is 0 Å². The molecule has 17 heavy (non-hydrogen) atoms. The Hall–Kier alpha value is -1.40. The minimum Gasteiger partial charge on any atom is -0.480 e. The van der Waals surface area contributed by atoms with E-state index < -0.39 is 21.8 Å². The maximum absolute atomic E-state index is 11.3. The molecule has 0 heterocycles. The summed E-state index contributed by atoms with van der Waals surface area (Å²) in [5.41, 5.74) is 0.551. The Morgan fingerprint density at radius 1 is 1.24 bits per heavy atom. The first-order chi connectivity index (χ1) is 7.73. The van der Waals surface area contributed by atoms with Gasteiger partial charge in [0.05, 0.1) is 4.90 Å². The van der Waals surface area contributed by atoms with Gasteiger partial charge in [-0.1, -0.05) is 12.1 Å². The Labute approximate surface area is 101 Å². The number of carboxylic acids is 1. The van der Waals surface area contributed by atoms with Gasteiger partial charge < -0.3 is 5.11 Å². The summed E-state index contributed by atoms with van der Waals surface area (Å²) in [5.74, 6) is -0.970. The molecule has 0 amide bonds. The number of hydrogen-bond acceptors (Lipinski definition) is 4. The van der Waals surface area contributed by atoms with Gasteiger partial charge in [-0.05, 0) is 31.8 Å². The number of nitrogens with zero attached hydrogens (tertiary/aromatic N) is 1. The van der Waals surface area contributed by atoms with E-state index in [1.807, 2.05) is 0 Å². The molecule has 0 aliphatic heterocycles. The van der Waals surface area contributed by atoms with Gasteiger partial charge >= 0.3 is 5.97 Å². The van der Waals surface area contributed by atoms with Gasteiger partial charge in [0, 0.05) is 6.26 Å². The summed E-state index contributed by atoms with van der Waals surface area (Å²) in [6, 6.07) is 5.11. The number of hydrogen-bond donors (Lipinski definition) is 1. The highest BCUT2D eigenvalue weighted by atomic mass is 32.2. The predicted octanol–water partition coefficient (Wildman–Crippen LogP) is 0.777. The topological polar surface area (TPSA) is 74.7 Å². The lowest BCUT2D eigenvalue weighted by molar-refractivity contribution is -0.142. The molecule has 0 bridgehead atoms. The van der Waals surface area contributed by atoms with Gasteiger partial charge in [0.15, 0.2) is 9.84 Å². The zero-order valence-electron chi connectivity index (χ0n) is 9.91. The van der Waals surface area contributed by atoms with Crippen molar-refractivity contribution in [2.75, 3.05) is 20.4 Å². The van der Waals surface area contributed by atoms with Crippen LogP contribution in [0.2, 0.25) is 0 Å². The Morgan fingerprint density at radius 3 is 2.00 bits per heavy atom. The quantitative estimate of drug-likeness (QED) is 0.862. The highest BCUT2D eigenvalue weighted by Gasteiger charge is 2.22. The molecule has 5 nitrogen and oxygen atoms in total. The molecule has 0 aliphatic carbocycles. The van der Waals surface area contributed by atoms with Crippen molar-refractivity contribution >= 4 is 15.8 Å². The van der Waals surface area contributed by atoms with Crippen LogP contribution in [0, 0.1) is 0 Å². The first kappa shape index (κ1) is 13.7. The van der Waals surface area contributed by atoms with E-state index in [0.29, 0.717) is 5.56 Å². The molecule has 0 radical (unpaired) electrons. The maximum atomic E-state index is 11.3. The lowest BCUT2D eigenvalue weighted by Gasteiger charge is -2.20. The van der Waals surface area contributed by atoms with Gasteiger partial charge in [-0.3, -0.25) is 9.69 Å². The molecule has 0 saturated heterocycles. The largest absolute Gasteiger partial charge is 0.480 e. The molecule has 1 rings (SSSR count). The lowest BCUT2D eigenvalue weighted by atomic mass is 10.1. The van der Waals surface area contributed by atoms with Crippen LogP contribution in [0.25, 0.3) is 0 Å². The first-order valence-electron chi connectivity index (χ1n) is 4.92. The molecule has 1 N–H and O–H groups in total. The Bertz CT molecular complexity index is 505. The van der Waals surface area contributed by atoms with Crippen LogP contribution >= 0.6 is 0 Å². The number of aliphatic carboxylic acids is 1. The van der Waals surface area contributed by atoms with Crippen molar-refractivity contribution in [1.29, 1.82) is 0 Å². The molecule has 94 valence electrons. The predicted molar refractivity (Wildman–Crippen MR) is 63.6 cm³/mol. The summed E-state index contributed by atoms with van der Waals surface area (Å²) >= 11 is 0. The Morgan fingerprint density at radius 2 is 1.71 bits per heavy atom. The molecule has 6 heteroatoms. The fourth-order valence-electron chi connectivity index (χ4n) is 1.56. The van der Waals surface area contributed by atoms with Crippen LogP contribution in [-0.2, 0) is 14.6 Å². The van der Waals surface area contributed by atoms with Gasteiger partial charge in [-0.2, -0.15) is 0 Å². The maximum Gasteiger partial charge on any atom is 0.325 e. The van der Waals surface area contributed by atoms with E-state index in [-0.39, 0.29) is 4.90 Å². The van der Waals surface area contributed by atoms with Crippen LogP contribution in [0.5, 0.6) is 0 Å². The summed E-state index contributed by atoms with van der Waals surface area (Å²) < 4.78 is 22.5. The van der Waals surface area contributed by atoms with Gasteiger partial charge in [-0.25, -0.2) is 8.42 Å². The van der Waals surface area contributed by atoms with E-state index >= 15 is 0 Å². The van der Waals surface area contributed by atoms with Crippen LogP contribution in [0.4, 0.5) is 0 Å². The van der Waals surface area contributed by atoms with Crippen molar-refractivity contribution in [3.05, 3.63) is 29.8 Å². The van der Waals surface area contributed by atoms with E-state index in [0.717, 1.165) is 6.26 Å². The summed E-state index contributed by atoms with van der Waals surface area (Å²) in [5, 5.41) is 9.07. The highest BCUT2D eigenvalue weighted by Crippen LogP contribution is 2.20. The van der Waals surface area contributed by atoms with Gasteiger partial charge in [-0.15, -0.1) is 0 Å². The fraction of sp³-hybridized carbons (Fsp3) is 0.364. The van der Waals surface area contributed by atoms with Gasteiger partial charge in [0.1, 0.15) is 6.04 Å². The molecule has 1 aromatic carbocycles. The van der Waals surface area contributed by atoms with E-state index in [4.69, 9.17) is 5.11 Å². The summed E-state index contributed by atoms with van der Waals surface area (Å²) in [7, 11) is 0.0652. The SMILES string of the molecule is CN(C)C(C(=O)O)c1ccc(S(C)(=O)=O)cc1. The molecular formula is C11H15NO4S. The second-order valence-corrected chi connectivity index (χ2v) is 6.06. The minimum absolute atomic E-state index is 0.184. The van der Waals surface area contributed by atoms with Crippen molar-refractivity contribution in [3.63, 3.8) is 0 Å².